The molecule has 0 aromatic heterocycles. The first-order chi connectivity index (χ1) is 10.1. The van der Waals surface area contributed by atoms with E-state index in [1.807, 2.05) is 38.1 Å². The molecule has 1 unspecified atom stereocenters. The van der Waals surface area contributed by atoms with Crippen molar-refractivity contribution < 1.29 is 13.5 Å². The summed E-state index contributed by atoms with van der Waals surface area (Å²) in [7, 11) is 0. The lowest BCUT2D eigenvalue weighted by Gasteiger charge is -2.19. The highest BCUT2D eigenvalue weighted by Crippen LogP contribution is 2.25. The standard InChI is InChI=1S/C17H19F2NO/c1-3-21-11-13-6-4-5-7-17(13)20-12(2)15-9-8-14(18)10-16(15)19/h4-10,12,20H,3,11H2,1-2H3. The molecule has 2 nitrogen and oxygen atoms in total. The van der Waals surface area contributed by atoms with Gasteiger partial charge in [-0.1, -0.05) is 24.3 Å². The van der Waals surface area contributed by atoms with Gasteiger partial charge in [0.15, 0.2) is 0 Å². The van der Waals surface area contributed by atoms with Gasteiger partial charge in [0.1, 0.15) is 11.6 Å². The maximum absolute atomic E-state index is 13.8. The fourth-order valence-corrected chi connectivity index (χ4v) is 2.16. The Hall–Kier alpha value is -1.94. The minimum Gasteiger partial charge on any atom is -0.378 e. The molecule has 4 heteroatoms. The first-order valence-electron chi connectivity index (χ1n) is 6.99. The molecule has 21 heavy (non-hydrogen) atoms. The molecule has 0 fully saturated rings. The molecular weight excluding hydrogens is 272 g/mol. The Kier molecular flexibility index (Phi) is 5.28. The molecule has 1 atom stereocenters. The second-order valence-electron chi connectivity index (χ2n) is 4.83. The molecule has 0 spiro atoms. The van der Waals surface area contributed by atoms with Crippen LogP contribution in [0.4, 0.5) is 14.5 Å². The van der Waals surface area contributed by atoms with E-state index >= 15 is 0 Å². The van der Waals surface area contributed by atoms with Crippen LogP contribution in [0.15, 0.2) is 42.5 Å². The Labute approximate surface area is 123 Å². The second kappa shape index (κ2) is 7.18. The molecule has 0 aliphatic carbocycles. The normalized spacial score (nSPS) is 12.2. The molecule has 2 aromatic carbocycles. The van der Waals surface area contributed by atoms with Gasteiger partial charge in [-0.25, -0.2) is 8.78 Å². The average molecular weight is 291 g/mol. The van der Waals surface area contributed by atoms with Crippen molar-refractivity contribution in [2.75, 3.05) is 11.9 Å². The third-order valence-electron chi connectivity index (χ3n) is 3.28. The lowest BCUT2D eigenvalue weighted by Crippen LogP contribution is -2.10. The first-order valence-corrected chi connectivity index (χ1v) is 6.99. The third-order valence-corrected chi connectivity index (χ3v) is 3.28. The maximum Gasteiger partial charge on any atom is 0.131 e. The number of hydrogen-bond donors (Lipinski definition) is 1. The molecule has 0 aliphatic heterocycles. The zero-order valence-corrected chi connectivity index (χ0v) is 12.2. The number of benzene rings is 2. The molecule has 0 aliphatic rings. The summed E-state index contributed by atoms with van der Waals surface area (Å²) in [5.41, 5.74) is 2.33. The molecule has 0 bridgehead atoms. The van der Waals surface area contributed by atoms with Crippen molar-refractivity contribution in [3.05, 3.63) is 65.2 Å². The molecule has 112 valence electrons. The number of rotatable bonds is 6. The largest absolute Gasteiger partial charge is 0.378 e. The van der Waals surface area contributed by atoms with E-state index in [1.165, 1.54) is 12.1 Å². The van der Waals surface area contributed by atoms with Gasteiger partial charge in [-0.05, 0) is 26.0 Å². The molecule has 1 N–H and O–H groups in total. The SMILES string of the molecule is CCOCc1ccccc1NC(C)c1ccc(F)cc1F. The zero-order valence-electron chi connectivity index (χ0n) is 12.2. The van der Waals surface area contributed by atoms with E-state index < -0.39 is 11.6 Å². The monoisotopic (exact) mass is 291 g/mol. The van der Waals surface area contributed by atoms with Crippen LogP contribution < -0.4 is 5.32 Å². The predicted molar refractivity (Wildman–Crippen MR) is 80.2 cm³/mol. The summed E-state index contributed by atoms with van der Waals surface area (Å²) in [5, 5.41) is 3.25. The van der Waals surface area contributed by atoms with Gasteiger partial charge < -0.3 is 10.1 Å². The highest BCUT2D eigenvalue weighted by Gasteiger charge is 2.13. The highest BCUT2D eigenvalue weighted by atomic mass is 19.1. The summed E-state index contributed by atoms with van der Waals surface area (Å²) >= 11 is 0. The van der Waals surface area contributed by atoms with Crippen molar-refractivity contribution in [1.82, 2.24) is 0 Å². The summed E-state index contributed by atoms with van der Waals surface area (Å²) in [6.07, 6.45) is 0. The number of hydrogen-bond acceptors (Lipinski definition) is 2. The summed E-state index contributed by atoms with van der Waals surface area (Å²) in [6, 6.07) is 11.1. The smallest absolute Gasteiger partial charge is 0.131 e. The summed E-state index contributed by atoms with van der Waals surface area (Å²) < 4.78 is 32.2. The van der Waals surface area contributed by atoms with Crippen molar-refractivity contribution in [3.63, 3.8) is 0 Å². The molecule has 0 radical (unpaired) electrons. The number of ether oxygens (including phenoxy) is 1. The molecule has 0 heterocycles. The van der Waals surface area contributed by atoms with E-state index in [0.29, 0.717) is 18.8 Å². The number of para-hydroxylation sites is 1. The summed E-state index contributed by atoms with van der Waals surface area (Å²) in [4.78, 5) is 0. The zero-order chi connectivity index (χ0) is 15.2. The van der Waals surface area contributed by atoms with Gasteiger partial charge in [0.05, 0.1) is 12.6 Å². The Morgan fingerprint density at radius 1 is 1.14 bits per heavy atom. The summed E-state index contributed by atoms with van der Waals surface area (Å²) in [5.74, 6) is -1.11. The molecule has 0 amide bonds. The van der Waals surface area contributed by atoms with Crippen LogP contribution in [0.2, 0.25) is 0 Å². The maximum atomic E-state index is 13.8. The Bertz CT molecular complexity index is 601. The van der Waals surface area contributed by atoms with Crippen molar-refractivity contribution in [3.8, 4) is 0 Å². The van der Waals surface area contributed by atoms with Crippen molar-refractivity contribution in [2.45, 2.75) is 26.5 Å². The van der Waals surface area contributed by atoms with E-state index in [2.05, 4.69) is 5.32 Å². The van der Waals surface area contributed by atoms with E-state index in [9.17, 15) is 8.78 Å². The molecule has 0 saturated heterocycles. The van der Waals surface area contributed by atoms with Crippen LogP contribution in [0.1, 0.15) is 31.0 Å². The molecule has 2 rings (SSSR count). The van der Waals surface area contributed by atoms with Crippen LogP contribution in [0.25, 0.3) is 0 Å². The van der Waals surface area contributed by atoms with E-state index in [0.717, 1.165) is 17.3 Å². The summed E-state index contributed by atoms with van der Waals surface area (Å²) in [6.45, 7) is 4.91. The lowest BCUT2D eigenvalue weighted by molar-refractivity contribution is 0.134. The Morgan fingerprint density at radius 2 is 1.90 bits per heavy atom. The van der Waals surface area contributed by atoms with Gasteiger partial charge in [0.2, 0.25) is 0 Å². The van der Waals surface area contributed by atoms with Crippen LogP contribution in [0.5, 0.6) is 0 Å². The highest BCUT2D eigenvalue weighted by molar-refractivity contribution is 5.52. The van der Waals surface area contributed by atoms with Crippen molar-refractivity contribution in [2.24, 2.45) is 0 Å². The molecular formula is C17H19F2NO. The van der Waals surface area contributed by atoms with Crippen molar-refractivity contribution >= 4 is 5.69 Å². The topological polar surface area (TPSA) is 21.3 Å². The van der Waals surface area contributed by atoms with Crippen LogP contribution in [0, 0.1) is 11.6 Å². The van der Waals surface area contributed by atoms with Gasteiger partial charge in [-0.15, -0.1) is 0 Å². The van der Waals surface area contributed by atoms with Crippen molar-refractivity contribution in [1.29, 1.82) is 0 Å². The lowest BCUT2D eigenvalue weighted by atomic mass is 10.1. The fraction of sp³-hybridized carbons (Fsp3) is 0.294. The number of halogens is 2. The van der Waals surface area contributed by atoms with Crippen LogP contribution in [0.3, 0.4) is 0 Å². The second-order valence-corrected chi connectivity index (χ2v) is 4.83. The average Bonchev–Trinajstić information content (AvgIpc) is 2.46. The number of anilines is 1. The van der Waals surface area contributed by atoms with Crippen LogP contribution in [-0.4, -0.2) is 6.61 Å². The van der Waals surface area contributed by atoms with Gasteiger partial charge >= 0.3 is 0 Å². The number of nitrogens with one attached hydrogen (secondary N) is 1. The first kappa shape index (κ1) is 15.4. The van der Waals surface area contributed by atoms with Crippen LogP contribution >= 0.6 is 0 Å². The third kappa shape index (κ3) is 4.02. The van der Waals surface area contributed by atoms with E-state index in [1.54, 1.807) is 0 Å². The minimum atomic E-state index is -0.569. The quantitative estimate of drug-likeness (QED) is 0.834. The minimum absolute atomic E-state index is 0.270. The fourth-order valence-electron chi connectivity index (χ4n) is 2.16. The molecule has 0 saturated carbocycles. The Balaban J connectivity index is 2.17. The van der Waals surface area contributed by atoms with Gasteiger partial charge in [-0.3, -0.25) is 0 Å². The Morgan fingerprint density at radius 3 is 2.62 bits per heavy atom. The van der Waals surface area contributed by atoms with E-state index in [-0.39, 0.29) is 6.04 Å². The predicted octanol–water partition coefficient (Wildman–Crippen LogP) is 4.67. The van der Waals surface area contributed by atoms with Crippen LogP contribution in [-0.2, 0) is 11.3 Å². The van der Waals surface area contributed by atoms with Gasteiger partial charge in [0.25, 0.3) is 0 Å². The molecule has 2 aromatic rings. The van der Waals surface area contributed by atoms with E-state index in [4.69, 9.17) is 4.74 Å². The van der Waals surface area contributed by atoms with Gasteiger partial charge in [0, 0.05) is 29.5 Å². The van der Waals surface area contributed by atoms with Gasteiger partial charge in [-0.2, -0.15) is 0 Å².